The number of nitrogen functional groups attached to an aromatic ring is 1. The van der Waals surface area contributed by atoms with Gasteiger partial charge in [-0.05, 0) is 31.5 Å². The molecule has 0 unspecified atom stereocenters. The summed E-state index contributed by atoms with van der Waals surface area (Å²) >= 11 is 0. The normalized spacial score (nSPS) is 11.6. The van der Waals surface area contributed by atoms with Crippen molar-refractivity contribution in [2.45, 2.75) is 33.7 Å². The van der Waals surface area contributed by atoms with Gasteiger partial charge in [-0.2, -0.15) is 5.10 Å². The predicted molar refractivity (Wildman–Crippen MR) is 68.2 cm³/mol. The van der Waals surface area contributed by atoms with Crippen LogP contribution in [0.5, 0.6) is 0 Å². The molecule has 2 N–H and O–H groups in total. The molecule has 1 aromatic heterocycles. The maximum atomic E-state index is 5.56. The van der Waals surface area contributed by atoms with Crippen molar-refractivity contribution in [3.8, 4) is 0 Å². The number of aryl methyl sites for hydroxylation is 1. The van der Waals surface area contributed by atoms with E-state index in [9.17, 15) is 0 Å². The average molecular weight is 224 g/mol. The van der Waals surface area contributed by atoms with E-state index in [1.165, 1.54) is 6.54 Å². The number of nitrogens with two attached hydrogens (primary N) is 1. The van der Waals surface area contributed by atoms with Crippen molar-refractivity contribution < 1.29 is 0 Å². The summed E-state index contributed by atoms with van der Waals surface area (Å²) in [6.07, 6.45) is 3.07. The number of hydrogen-bond acceptors (Lipinski definition) is 3. The number of anilines is 1. The summed E-state index contributed by atoms with van der Waals surface area (Å²) in [4.78, 5) is 2.48. The second-order valence-electron chi connectivity index (χ2n) is 4.64. The summed E-state index contributed by atoms with van der Waals surface area (Å²) in [6, 6.07) is 1.84. The van der Waals surface area contributed by atoms with Gasteiger partial charge >= 0.3 is 0 Å². The van der Waals surface area contributed by atoms with Gasteiger partial charge in [0.15, 0.2) is 0 Å². The van der Waals surface area contributed by atoms with Crippen molar-refractivity contribution in [3.05, 3.63) is 12.3 Å². The van der Waals surface area contributed by atoms with Crippen LogP contribution in [0.2, 0.25) is 0 Å². The van der Waals surface area contributed by atoms with Gasteiger partial charge in [0, 0.05) is 19.3 Å². The van der Waals surface area contributed by atoms with Gasteiger partial charge in [0.2, 0.25) is 0 Å². The molecule has 0 aliphatic heterocycles. The van der Waals surface area contributed by atoms with E-state index in [0.717, 1.165) is 32.0 Å². The Labute approximate surface area is 98.4 Å². The van der Waals surface area contributed by atoms with Crippen molar-refractivity contribution in [1.82, 2.24) is 14.7 Å². The maximum Gasteiger partial charge on any atom is 0.145 e. The van der Waals surface area contributed by atoms with Crippen LogP contribution in [-0.2, 0) is 6.54 Å². The van der Waals surface area contributed by atoms with E-state index < -0.39 is 0 Å². The number of aromatic nitrogens is 2. The molecule has 0 spiro atoms. The van der Waals surface area contributed by atoms with Crippen LogP contribution in [0.25, 0.3) is 0 Å². The Hall–Kier alpha value is -1.03. The van der Waals surface area contributed by atoms with E-state index in [1.54, 1.807) is 0 Å². The van der Waals surface area contributed by atoms with Gasteiger partial charge in [-0.1, -0.05) is 20.8 Å². The fourth-order valence-electron chi connectivity index (χ4n) is 1.85. The summed E-state index contributed by atoms with van der Waals surface area (Å²) in [5.41, 5.74) is 5.56. The Morgan fingerprint density at radius 3 is 2.75 bits per heavy atom. The first-order valence-electron chi connectivity index (χ1n) is 6.13. The Morgan fingerprint density at radius 2 is 2.25 bits per heavy atom. The molecule has 0 aromatic carbocycles. The van der Waals surface area contributed by atoms with Crippen molar-refractivity contribution in [3.63, 3.8) is 0 Å². The average Bonchev–Trinajstić information content (AvgIpc) is 2.62. The van der Waals surface area contributed by atoms with Gasteiger partial charge in [0.25, 0.3) is 0 Å². The zero-order valence-electron chi connectivity index (χ0n) is 10.7. The van der Waals surface area contributed by atoms with E-state index in [2.05, 4.69) is 30.8 Å². The van der Waals surface area contributed by atoms with Crippen LogP contribution in [0.1, 0.15) is 27.2 Å². The topological polar surface area (TPSA) is 47.1 Å². The monoisotopic (exact) mass is 224 g/mol. The molecule has 1 aromatic rings. The molecule has 0 amide bonds. The standard InChI is InChI=1S/C12H24N4/c1-4-15(10-11(2)3)7-5-8-16-9-6-12(13)14-16/h6,9,11H,4-5,7-8,10H2,1-3H3,(H2,13,14). The third-order valence-electron chi connectivity index (χ3n) is 2.59. The largest absolute Gasteiger partial charge is 0.382 e. The Kier molecular flexibility index (Phi) is 5.32. The highest BCUT2D eigenvalue weighted by molar-refractivity contribution is 5.23. The molecular formula is C12H24N4. The molecule has 1 rings (SSSR count). The molecule has 0 radical (unpaired) electrons. The molecule has 4 heteroatoms. The quantitative estimate of drug-likeness (QED) is 0.768. The Morgan fingerprint density at radius 1 is 1.50 bits per heavy atom. The predicted octanol–water partition coefficient (Wildman–Crippen LogP) is 1.83. The van der Waals surface area contributed by atoms with Crippen molar-refractivity contribution in [1.29, 1.82) is 0 Å². The molecule has 0 aliphatic carbocycles. The molecule has 0 atom stereocenters. The highest BCUT2D eigenvalue weighted by atomic mass is 15.3. The Balaban J connectivity index is 2.23. The van der Waals surface area contributed by atoms with Crippen molar-refractivity contribution >= 4 is 5.82 Å². The zero-order valence-corrected chi connectivity index (χ0v) is 10.7. The van der Waals surface area contributed by atoms with Crippen LogP contribution < -0.4 is 5.73 Å². The van der Waals surface area contributed by atoms with Crippen molar-refractivity contribution in [2.75, 3.05) is 25.4 Å². The molecule has 92 valence electrons. The SMILES string of the molecule is CCN(CCCn1ccc(N)n1)CC(C)C. The van der Waals surface area contributed by atoms with Crippen LogP contribution in [-0.4, -0.2) is 34.3 Å². The summed E-state index contributed by atoms with van der Waals surface area (Å²) in [5, 5.41) is 4.17. The van der Waals surface area contributed by atoms with E-state index in [0.29, 0.717) is 5.82 Å². The molecule has 0 bridgehead atoms. The van der Waals surface area contributed by atoms with Gasteiger partial charge in [-0.15, -0.1) is 0 Å². The lowest BCUT2D eigenvalue weighted by molar-refractivity contribution is 0.248. The second-order valence-corrected chi connectivity index (χ2v) is 4.64. The fraction of sp³-hybridized carbons (Fsp3) is 0.750. The van der Waals surface area contributed by atoms with Gasteiger partial charge in [0.1, 0.15) is 5.82 Å². The van der Waals surface area contributed by atoms with E-state index >= 15 is 0 Å². The lowest BCUT2D eigenvalue weighted by Crippen LogP contribution is -2.29. The summed E-state index contributed by atoms with van der Waals surface area (Å²) in [5.74, 6) is 1.34. The molecular weight excluding hydrogens is 200 g/mol. The molecule has 0 saturated heterocycles. The number of rotatable bonds is 7. The van der Waals surface area contributed by atoms with Gasteiger partial charge in [-0.3, -0.25) is 4.68 Å². The molecule has 0 saturated carbocycles. The lowest BCUT2D eigenvalue weighted by Gasteiger charge is -2.22. The van der Waals surface area contributed by atoms with E-state index in [4.69, 9.17) is 5.73 Å². The number of hydrogen-bond donors (Lipinski definition) is 1. The van der Waals surface area contributed by atoms with Crippen LogP contribution in [0.4, 0.5) is 5.82 Å². The maximum absolute atomic E-state index is 5.56. The van der Waals surface area contributed by atoms with Gasteiger partial charge < -0.3 is 10.6 Å². The summed E-state index contributed by atoms with van der Waals surface area (Å²) in [7, 11) is 0. The first-order valence-corrected chi connectivity index (χ1v) is 6.13. The van der Waals surface area contributed by atoms with Gasteiger partial charge in [0.05, 0.1) is 0 Å². The van der Waals surface area contributed by atoms with Crippen LogP contribution >= 0.6 is 0 Å². The van der Waals surface area contributed by atoms with Crippen molar-refractivity contribution in [2.24, 2.45) is 5.92 Å². The molecule has 4 nitrogen and oxygen atoms in total. The van der Waals surface area contributed by atoms with Crippen LogP contribution in [0.15, 0.2) is 12.3 Å². The van der Waals surface area contributed by atoms with Crippen LogP contribution in [0, 0.1) is 5.92 Å². The first kappa shape index (κ1) is 13.0. The van der Waals surface area contributed by atoms with Crippen LogP contribution in [0.3, 0.4) is 0 Å². The van der Waals surface area contributed by atoms with E-state index in [1.807, 2.05) is 16.9 Å². The zero-order chi connectivity index (χ0) is 12.0. The smallest absolute Gasteiger partial charge is 0.145 e. The van der Waals surface area contributed by atoms with Gasteiger partial charge in [-0.25, -0.2) is 0 Å². The highest BCUT2D eigenvalue weighted by Gasteiger charge is 2.04. The highest BCUT2D eigenvalue weighted by Crippen LogP contribution is 2.02. The minimum absolute atomic E-state index is 0.606. The minimum Gasteiger partial charge on any atom is -0.382 e. The van der Waals surface area contributed by atoms with E-state index in [-0.39, 0.29) is 0 Å². The summed E-state index contributed by atoms with van der Waals surface area (Å²) in [6.45, 7) is 11.1. The number of nitrogens with zero attached hydrogens (tertiary/aromatic N) is 3. The minimum atomic E-state index is 0.606. The molecule has 0 fully saturated rings. The molecule has 1 heterocycles. The summed E-state index contributed by atoms with van der Waals surface area (Å²) < 4.78 is 1.92. The molecule has 16 heavy (non-hydrogen) atoms. The third kappa shape index (κ3) is 4.66. The Bertz CT molecular complexity index is 293. The second kappa shape index (κ2) is 6.53. The third-order valence-corrected chi connectivity index (χ3v) is 2.59. The lowest BCUT2D eigenvalue weighted by atomic mass is 10.2. The first-order chi connectivity index (χ1) is 7.61. The fourth-order valence-corrected chi connectivity index (χ4v) is 1.85. The molecule has 0 aliphatic rings.